The second kappa shape index (κ2) is 5.78. The van der Waals surface area contributed by atoms with Crippen molar-refractivity contribution in [2.75, 3.05) is 0 Å². The van der Waals surface area contributed by atoms with Gasteiger partial charge in [-0.3, -0.25) is 4.79 Å². The van der Waals surface area contributed by atoms with Gasteiger partial charge >= 0.3 is 0 Å². The quantitative estimate of drug-likeness (QED) is 0.567. The van der Waals surface area contributed by atoms with Crippen LogP contribution in [0.4, 0.5) is 0 Å². The number of nitrogens with one attached hydrogen (secondary N) is 1. The van der Waals surface area contributed by atoms with E-state index in [0.717, 1.165) is 22.4 Å². The van der Waals surface area contributed by atoms with Gasteiger partial charge in [-0.15, -0.1) is 0 Å². The first-order valence-corrected chi connectivity index (χ1v) is 8.33. The predicted octanol–water partition coefficient (Wildman–Crippen LogP) is 5.11. The molecule has 0 aliphatic rings. The molecule has 0 fully saturated rings. The molecule has 0 amide bonds. The van der Waals surface area contributed by atoms with Gasteiger partial charge in [0.05, 0.1) is 5.39 Å². The Morgan fingerprint density at radius 3 is 2.24 bits per heavy atom. The van der Waals surface area contributed by atoms with Crippen molar-refractivity contribution in [3.8, 4) is 11.1 Å². The molecule has 0 atom stereocenters. The van der Waals surface area contributed by atoms with Crippen molar-refractivity contribution in [3.63, 3.8) is 0 Å². The maximum absolute atomic E-state index is 12.9. The van der Waals surface area contributed by atoms with Gasteiger partial charge < -0.3 is 9.40 Å². The van der Waals surface area contributed by atoms with Crippen molar-refractivity contribution in [2.24, 2.45) is 0 Å². The third-order valence-corrected chi connectivity index (χ3v) is 4.81. The topological polar surface area (TPSA) is 46.0 Å². The van der Waals surface area contributed by atoms with Gasteiger partial charge in [0, 0.05) is 22.7 Å². The van der Waals surface area contributed by atoms with E-state index in [0.29, 0.717) is 11.1 Å². The number of fused-ring (bicyclic) bond motifs is 1. The Bertz CT molecular complexity index is 1070. The van der Waals surface area contributed by atoms with Crippen LogP contribution < -0.4 is 5.43 Å². The summed E-state index contributed by atoms with van der Waals surface area (Å²) >= 11 is 0. The summed E-state index contributed by atoms with van der Waals surface area (Å²) in [7, 11) is 0. The molecule has 4 rings (SSSR count). The molecule has 25 heavy (non-hydrogen) atoms. The van der Waals surface area contributed by atoms with Gasteiger partial charge in [0.1, 0.15) is 6.26 Å². The average Bonchev–Trinajstić information content (AvgIpc) is 3.08. The van der Waals surface area contributed by atoms with Crippen LogP contribution in [-0.2, 0) is 5.41 Å². The third kappa shape index (κ3) is 2.58. The number of hydrogen-bond donors (Lipinski definition) is 1. The number of rotatable bonds is 3. The standard InChI is InChI=1S/C22H19NO2/c1-22(2,16-11-7-4-8-12-16)19-13-18(24)20-17(14-25-21(20)23-19)15-9-5-3-6-10-15/h3-14H,1-2H3,(H,23,24). The maximum atomic E-state index is 12.9. The van der Waals surface area contributed by atoms with Crippen molar-refractivity contribution < 1.29 is 4.42 Å². The highest BCUT2D eigenvalue weighted by atomic mass is 16.3. The van der Waals surface area contributed by atoms with Crippen LogP contribution in [0.3, 0.4) is 0 Å². The molecule has 3 nitrogen and oxygen atoms in total. The van der Waals surface area contributed by atoms with Crippen LogP contribution in [0.25, 0.3) is 22.2 Å². The fourth-order valence-corrected chi connectivity index (χ4v) is 3.23. The number of aromatic amines is 1. The second-order valence-electron chi connectivity index (χ2n) is 6.76. The highest BCUT2D eigenvalue weighted by Gasteiger charge is 2.26. The molecule has 0 radical (unpaired) electrons. The predicted molar refractivity (Wildman–Crippen MR) is 101 cm³/mol. The Morgan fingerprint density at radius 2 is 1.56 bits per heavy atom. The molecule has 2 aromatic heterocycles. The molecule has 4 aromatic rings. The van der Waals surface area contributed by atoms with Crippen LogP contribution in [-0.4, -0.2) is 4.98 Å². The summed E-state index contributed by atoms with van der Waals surface area (Å²) < 4.78 is 5.70. The van der Waals surface area contributed by atoms with Gasteiger partial charge in [-0.25, -0.2) is 0 Å². The molecule has 0 saturated heterocycles. The monoisotopic (exact) mass is 329 g/mol. The highest BCUT2D eigenvalue weighted by Crippen LogP contribution is 2.32. The van der Waals surface area contributed by atoms with Crippen LogP contribution in [0, 0.1) is 0 Å². The zero-order valence-corrected chi connectivity index (χ0v) is 14.2. The molecule has 0 aliphatic heterocycles. The Morgan fingerprint density at radius 1 is 0.920 bits per heavy atom. The van der Waals surface area contributed by atoms with Gasteiger partial charge in [0.15, 0.2) is 5.43 Å². The lowest BCUT2D eigenvalue weighted by atomic mass is 9.81. The Hall–Kier alpha value is -3.07. The molecule has 1 N–H and O–H groups in total. The van der Waals surface area contributed by atoms with E-state index in [1.54, 1.807) is 12.3 Å². The Labute approximate surface area is 145 Å². The largest absolute Gasteiger partial charge is 0.447 e. The number of hydrogen-bond acceptors (Lipinski definition) is 2. The molecule has 0 unspecified atom stereocenters. The lowest BCUT2D eigenvalue weighted by Gasteiger charge is -2.25. The number of benzene rings is 2. The van der Waals surface area contributed by atoms with E-state index in [2.05, 4.69) is 31.0 Å². The normalized spacial score (nSPS) is 11.8. The van der Waals surface area contributed by atoms with Crippen molar-refractivity contribution in [1.82, 2.24) is 4.98 Å². The fourth-order valence-electron chi connectivity index (χ4n) is 3.23. The number of pyridine rings is 1. The SMILES string of the molecule is CC(C)(c1ccccc1)c1cc(=O)c2c(-c3ccccc3)coc2[nH]1. The van der Waals surface area contributed by atoms with Gasteiger partial charge in [0.25, 0.3) is 0 Å². The maximum Gasteiger partial charge on any atom is 0.208 e. The van der Waals surface area contributed by atoms with E-state index in [4.69, 9.17) is 4.42 Å². The number of aromatic nitrogens is 1. The van der Waals surface area contributed by atoms with Crippen LogP contribution in [0.5, 0.6) is 0 Å². The second-order valence-corrected chi connectivity index (χ2v) is 6.76. The molecule has 3 heteroatoms. The molecule has 2 aromatic carbocycles. The molecule has 0 bridgehead atoms. The first-order valence-electron chi connectivity index (χ1n) is 8.33. The number of furan rings is 1. The first-order chi connectivity index (χ1) is 12.1. The minimum atomic E-state index is -0.325. The molecular weight excluding hydrogens is 310 g/mol. The number of H-pyrrole nitrogens is 1. The minimum absolute atomic E-state index is 0.0274. The van der Waals surface area contributed by atoms with E-state index in [1.165, 1.54) is 0 Å². The van der Waals surface area contributed by atoms with Crippen molar-refractivity contribution >= 4 is 11.1 Å². The van der Waals surface area contributed by atoms with Crippen LogP contribution in [0.1, 0.15) is 25.1 Å². The first kappa shape index (κ1) is 15.5. The van der Waals surface area contributed by atoms with Crippen molar-refractivity contribution in [2.45, 2.75) is 19.3 Å². The molecule has 124 valence electrons. The van der Waals surface area contributed by atoms with Gasteiger partial charge in [-0.2, -0.15) is 0 Å². The zero-order chi connectivity index (χ0) is 17.4. The fraction of sp³-hybridized carbons (Fsp3) is 0.136. The van der Waals surface area contributed by atoms with Gasteiger partial charge in [0.2, 0.25) is 5.71 Å². The molecule has 0 spiro atoms. The van der Waals surface area contributed by atoms with Crippen molar-refractivity contribution in [1.29, 1.82) is 0 Å². The summed E-state index contributed by atoms with van der Waals surface area (Å²) in [5.41, 5.74) is 3.94. The summed E-state index contributed by atoms with van der Waals surface area (Å²) in [4.78, 5) is 16.2. The molecule has 0 saturated carbocycles. The lowest BCUT2D eigenvalue weighted by molar-refractivity contribution is 0.580. The summed E-state index contributed by atoms with van der Waals surface area (Å²) in [6, 6.07) is 21.7. The van der Waals surface area contributed by atoms with E-state index in [-0.39, 0.29) is 10.8 Å². The van der Waals surface area contributed by atoms with Crippen LogP contribution in [0.2, 0.25) is 0 Å². The molecule has 2 heterocycles. The smallest absolute Gasteiger partial charge is 0.208 e. The highest BCUT2D eigenvalue weighted by molar-refractivity contribution is 5.92. The van der Waals surface area contributed by atoms with Gasteiger partial charge in [-0.1, -0.05) is 74.5 Å². The van der Waals surface area contributed by atoms with E-state index >= 15 is 0 Å². The van der Waals surface area contributed by atoms with E-state index < -0.39 is 0 Å². The average molecular weight is 329 g/mol. The zero-order valence-electron chi connectivity index (χ0n) is 14.2. The van der Waals surface area contributed by atoms with Crippen LogP contribution in [0.15, 0.2) is 82.2 Å². The van der Waals surface area contributed by atoms with E-state index in [9.17, 15) is 4.79 Å². The summed E-state index contributed by atoms with van der Waals surface area (Å²) in [6.45, 7) is 4.20. The summed E-state index contributed by atoms with van der Waals surface area (Å²) in [5, 5.41) is 0.596. The third-order valence-electron chi connectivity index (χ3n) is 4.81. The Kier molecular flexibility index (Phi) is 3.57. The summed E-state index contributed by atoms with van der Waals surface area (Å²) in [6.07, 6.45) is 1.65. The summed E-state index contributed by atoms with van der Waals surface area (Å²) in [5.74, 6) is 0. The van der Waals surface area contributed by atoms with E-state index in [1.807, 2.05) is 48.5 Å². The molecular formula is C22H19NO2. The molecule has 0 aliphatic carbocycles. The minimum Gasteiger partial charge on any atom is -0.447 e. The van der Waals surface area contributed by atoms with Crippen molar-refractivity contribution in [3.05, 3.63) is 94.5 Å². The van der Waals surface area contributed by atoms with Gasteiger partial charge in [-0.05, 0) is 11.1 Å². The lowest BCUT2D eigenvalue weighted by Crippen LogP contribution is -2.22. The van der Waals surface area contributed by atoms with Crippen LogP contribution >= 0.6 is 0 Å². The Balaban J connectivity index is 1.89.